The van der Waals surface area contributed by atoms with Crippen LogP contribution >= 0.6 is 0 Å². The molecule has 0 fully saturated rings. The zero-order chi connectivity index (χ0) is 14.9. The Morgan fingerprint density at radius 3 is 1.58 bits per heavy atom. The van der Waals surface area contributed by atoms with Crippen molar-refractivity contribution in [1.29, 1.82) is 0 Å². The maximum atomic E-state index is 5.62. The monoisotopic (exact) mass is 316 g/mol. The van der Waals surface area contributed by atoms with Crippen molar-refractivity contribution in [3.8, 4) is 0 Å². The van der Waals surface area contributed by atoms with E-state index in [1.165, 1.54) is 0 Å². The molecule has 0 spiro atoms. The molecule has 19 heavy (non-hydrogen) atoms. The fraction of sp³-hybridized carbons (Fsp3) is 1.00. The standard InChI is InChI=1S/C5H11O.2C4H10O2.V/c1-5(2,3)4-6;2*1-4(2)3-6-5;/h4H2,1-3H3;2*4-5H,3H2,1-2H3;/q-1;;;+3/p-2. The zero-order valence-electron chi connectivity index (χ0n) is 13.3. The van der Waals surface area contributed by atoms with E-state index < -0.39 is 16.2 Å². The molecule has 0 aliphatic heterocycles. The van der Waals surface area contributed by atoms with Crippen molar-refractivity contribution in [3.05, 3.63) is 0 Å². The fourth-order valence-electron chi connectivity index (χ4n) is 0.721. The van der Waals surface area contributed by atoms with Crippen molar-refractivity contribution in [1.82, 2.24) is 0 Å². The van der Waals surface area contributed by atoms with Crippen molar-refractivity contribution in [2.24, 2.45) is 17.3 Å². The second-order valence-corrected chi connectivity index (χ2v) is 8.13. The molecule has 0 atom stereocenters. The van der Waals surface area contributed by atoms with E-state index in [2.05, 4.69) is 20.8 Å². The predicted molar refractivity (Wildman–Crippen MR) is 69.2 cm³/mol. The van der Waals surface area contributed by atoms with Crippen molar-refractivity contribution in [2.45, 2.75) is 48.5 Å². The van der Waals surface area contributed by atoms with Crippen LogP contribution in [-0.2, 0) is 37.3 Å². The SMILES string of the molecule is CC(C)CO[O][V]([O]CC(C)(C)C)[O]OCC(C)C. The van der Waals surface area contributed by atoms with E-state index in [0.717, 1.165) is 0 Å². The Morgan fingerprint density at radius 2 is 1.26 bits per heavy atom. The van der Waals surface area contributed by atoms with E-state index >= 15 is 0 Å². The molecular formula is C13H29O5V. The molecule has 0 aliphatic carbocycles. The number of rotatable bonds is 10. The van der Waals surface area contributed by atoms with Gasteiger partial charge in [-0.05, 0) is 0 Å². The van der Waals surface area contributed by atoms with E-state index in [1.54, 1.807) is 0 Å². The molecule has 0 aromatic rings. The summed E-state index contributed by atoms with van der Waals surface area (Å²) >= 11 is -2.47. The third-order valence-corrected chi connectivity index (χ3v) is 2.87. The van der Waals surface area contributed by atoms with E-state index in [4.69, 9.17) is 21.1 Å². The topological polar surface area (TPSA) is 46.2 Å². The summed E-state index contributed by atoms with van der Waals surface area (Å²) in [6.07, 6.45) is 0. The molecule has 5 nitrogen and oxygen atoms in total. The van der Waals surface area contributed by atoms with Gasteiger partial charge in [-0.1, -0.05) is 0 Å². The van der Waals surface area contributed by atoms with Crippen molar-refractivity contribution < 1.29 is 37.3 Å². The normalized spacial score (nSPS) is 12.9. The van der Waals surface area contributed by atoms with Crippen LogP contribution in [0.4, 0.5) is 0 Å². The summed E-state index contributed by atoms with van der Waals surface area (Å²) in [5.41, 5.74) is 0.0514. The zero-order valence-corrected chi connectivity index (χ0v) is 14.7. The first-order chi connectivity index (χ1) is 8.70. The molecule has 0 bridgehead atoms. The van der Waals surface area contributed by atoms with E-state index in [-0.39, 0.29) is 5.41 Å². The summed E-state index contributed by atoms with van der Waals surface area (Å²) in [7, 11) is 0. The van der Waals surface area contributed by atoms with Gasteiger partial charge in [0.05, 0.1) is 0 Å². The summed E-state index contributed by atoms with van der Waals surface area (Å²) in [5, 5.41) is 0. The van der Waals surface area contributed by atoms with Gasteiger partial charge in [0, 0.05) is 0 Å². The van der Waals surface area contributed by atoms with Gasteiger partial charge in [-0.25, -0.2) is 0 Å². The van der Waals surface area contributed by atoms with Crippen LogP contribution in [-0.4, -0.2) is 19.8 Å². The Morgan fingerprint density at radius 1 is 0.842 bits per heavy atom. The molecule has 0 saturated carbocycles. The molecule has 0 amide bonds. The van der Waals surface area contributed by atoms with Crippen molar-refractivity contribution >= 4 is 0 Å². The van der Waals surface area contributed by atoms with Gasteiger partial charge in [-0.15, -0.1) is 0 Å². The molecule has 0 aliphatic rings. The average molecular weight is 316 g/mol. The first kappa shape index (κ1) is 19.4. The van der Waals surface area contributed by atoms with Gasteiger partial charge in [0.1, 0.15) is 0 Å². The van der Waals surface area contributed by atoms with Crippen LogP contribution in [0, 0.1) is 17.3 Å². The molecule has 0 unspecified atom stereocenters. The summed E-state index contributed by atoms with van der Waals surface area (Å²) in [6.45, 7) is 16.0. The van der Waals surface area contributed by atoms with Gasteiger partial charge in [0.2, 0.25) is 0 Å². The van der Waals surface area contributed by atoms with Crippen LogP contribution in [0.5, 0.6) is 0 Å². The molecule has 0 N–H and O–H groups in total. The molecule has 0 aromatic carbocycles. The Bertz CT molecular complexity index is 202. The first-order valence-corrected chi connectivity index (χ1v) is 8.44. The Hall–Kier alpha value is 0.384. The number of hydrogen-bond donors (Lipinski definition) is 0. The Kier molecular flexibility index (Phi) is 10.4. The summed E-state index contributed by atoms with van der Waals surface area (Å²) in [6, 6.07) is 0. The Labute approximate surface area is 123 Å². The summed E-state index contributed by atoms with van der Waals surface area (Å²) in [5.74, 6) is 0.796. The van der Waals surface area contributed by atoms with Gasteiger partial charge in [-0.3, -0.25) is 0 Å². The summed E-state index contributed by atoms with van der Waals surface area (Å²) in [4.78, 5) is 10.2. The van der Waals surface area contributed by atoms with Crippen molar-refractivity contribution in [2.75, 3.05) is 19.8 Å². The molecular weight excluding hydrogens is 287 g/mol. The van der Waals surface area contributed by atoms with Crippen LogP contribution in [0.25, 0.3) is 0 Å². The molecule has 0 aromatic heterocycles. The third-order valence-electron chi connectivity index (χ3n) is 1.63. The molecule has 0 rings (SSSR count). The second-order valence-electron chi connectivity index (χ2n) is 6.56. The molecule has 0 radical (unpaired) electrons. The van der Waals surface area contributed by atoms with Crippen LogP contribution in [0.2, 0.25) is 0 Å². The van der Waals surface area contributed by atoms with E-state index in [1.807, 2.05) is 27.7 Å². The molecule has 116 valence electrons. The average Bonchev–Trinajstić information content (AvgIpc) is 2.23. The van der Waals surface area contributed by atoms with E-state index in [0.29, 0.717) is 31.7 Å². The second kappa shape index (κ2) is 10.2. The fourth-order valence-corrected chi connectivity index (χ4v) is 2.12. The van der Waals surface area contributed by atoms with Crippen LogP contribution in [0.15, 0.2) is 0 Å². The Balaban J connectivity index is 3.99. The van der Waals surface area contributed by atoms with E-state index in [9.17, 15) is 0 Å². The molecule has 0 heterocycles. The van der Waals surface area contributed by atoms with Crippen molar-refractivity contribution in [3.63, 3.8) is 0 Å². The van der Waals surface area contributed by atoms with Gasteiger partial charge < -0.3 is 0 Å². The molecule has 6 heteroatoms. The third kappa shape index (κ3) is 14.6. The van der Waals surface area contributed by atoms with Gasteiger partial charge >= 0.3 is 123 Å². The van der Waals surface area contributed by atoms with Gasteiger partial charge in [0.25, 0.3) is 0 Å². The van der Waals surface area contributed by atoms with Crippen LogP contribution in [0.1, 0.15) is 48.5 Å². The predicted octanol–water partition coefficient (Wildman–Crippen LogP) is 3.62. The van der Waals surface area contributed by atoms with Gasteiger partial charge in [0.15, 0.2) is 0 Å². The van der Waals surface area contributed by atoms with Crippen LogP contribution in [0.3, 0.4) is 0 Å². The molecule has 0 saturated heterocycles. The number of hydrogen-bond acceptors (Lipinski definition) is 5. The van der Waals surface area contributed by atoms with Gasteiger partial charge in [-0.2, -0.15) is 0 Å². The minimum absolute atomic E-state index is 0.0514. The quantitative estimate of drug-likeness (QED) is 0.455. The van der Waals surface area contributed by atoms with Crippen LogP contribution < -0.4 is 0 Å². The first-order valence-electron chi connectivity index (χ1n) is 6.73. The maximum absolute atomic E-state index is 5.62. The minimum atomic E-state index is -2.47. The summed E-state index contributed by atoms with van der Waals surface area (Å²) < 4.78 is 16.0.